The van der Waals surface area contributed by atoms with Crippen LogP contribution < -0.4 is 4.90 Å². The Labute approximate surface area is 166 Å². The summed E-state index contributed by atoms with van der Waals surface area (Å²) in [5.41, 5.74) is 1.87. The lowest BCUT2D eigenvalue weighted by atomic mass is 9.94. The van der Waals surface area contributed by atoms with Crippen molar-refractivity contribution in [3.63, 3.8) is 0 Å². The number of carbonyl (C=O) groups excluding carboxylic acids is 1. The van der Waals surface area contributed by atoms with Crippen molar-refractivity contribution in [2.75, 3.05) is 11.4 Å². The fourth-order valence-corrected chi connectivity index (χ4v) is 5.10. The summed E-state index contributed by atoms with van der Waals surface area (Å²) in [4.78, 5) is 17.5. The second-order valence-electron chi connectivity index (χ2n) is 8.68. The molecule has 2 atom stereocenters. The molecule has 2 fully saturated rings. The maximum atomic E-state index is 13.9. The molecule has 6 heteroatoms. The predicted octanol–water partition coefficient (Wildman–Crippen LogP) is 3.77. The van der Waals surface area contributed by atoms with Crippen molar-refractivity contribution in [3.8, 4) is 0 Å². The molecular weight excluding hydrogens is 355 g/mol. The van der Waals surface area contributed by atoms with Crippen molar-refractivity contribution in [1.82, 2.24) is 14.7 Å². The summed E-state index contributed by atoms with van der Waals surface area (Å²) in [6, 6.07) is 9.22. The van der Waals surface area contributed by atoms with Crippen molar-refractivity contribution in [2.45, 2.75) is 70.6 Å². The largest absolute Gasteiger partial charge is 0.361 e. The van der Waals surface area contributed by atoms with Crippen LogP contribution >= 0.6 is 0 Å². The number of piperidine rings is 1. The molecule has 5 nitrogen and oxygen atoms in total. The minimum atomic E-state index is -0.213. The maximum Gasteiger partial charge on any atom is 0.224 e. The summed E-state index contributed by atoms with van der Waals surface area (Å²) in [6.45, 7) is 7.83. The highest BCUT2D eigenvalue weighted by molar-refractivity contribution is 5.77. The number of carbonyl (C=O) groups is 1. The molecule has 0 unspecified atom stereocenters. The van der Waals surface area contributed by atoms with Crippen LogP contribution in [0.4, 0.5) is 10.1 Å². The first-order valence-electron chi connectivity index (χ1n) is 10.2. The number of amides is 1. The van der Waals surface area contributed by atoms with Gasteiger partial charge < -0.3 is 9.80 Å². The summed E-state index contributed by atoms with van der Waals surface area (Å²) in [5, 5.41) is 4.28. The maximum absolute atomic E-state index is 13.9. The number of benzene rings is 1. The molecule has 0 bridgehead atoms. The zero-order valence-electron chi connectivity index (χ0n) is 16.9. The highest BCUT2D eigenvalue weighted by Gasteiger charge is 2.50. The lowest BCUT2D eigenvalue weighted by Crippen LogP contribution is -2.53. The van der Waals surface area contributed by atoms with Crippen LogP contribution in [-0.4, -0.2) is 44.8 Å². The third-order valence-corrected chi connectivity index (χ3v) is 6.31. The second-order valence-corrected chi connectivity index (χ2v) is 8.68. The molecule has 0 saturated carbocycles. The van der Waals surface area contributed by atoms with Crippen molar-refractivity contribution in [2.24, 2.45) is 0 Å². The number of aryl methyl sites for hydroxylation is 2. The first-order valence-corrected chi connectivity index (χ1v) is 10.2. The van der Waals surface area contributed by atoms with Crippen LogP contribution in [0.5, 0.6) is 0 Å². The quantitative estimate of drug-likeness (QED) is 0.806. The number of hydrogen-bond acceptors (Lipinski definition) is 3. The monoisotopic (exact) mass is 384 g/mol. The van der Waals surface area contributed by atoms with E-state index in [9.17, 15) is 9.18 Å². The van der Waals surface area contributed by atoms with E-state index in [-0.39, 0.29) is 29.3 Å². The zero-order valence-corrected chi connectivity index (χ0v) is 16.9. The average Bonchev–Trinajstić information content (AvgIpc) is 3.17. The highest BCUT2D eigenvalue weighted by atomic mass is 19.1. The number of likely N-dealkylation sites (tertiary alicyclic amines) is 1. The Morgan fingerprint density at radius 2 is 2.11 bits per heavy atom. The number of fused-ring (bicyclic) bond motifs is 1. The molecule has 4 rings (SSSR count). The molecule has 0 aliphatic carbocycles. The summed E-state index contributed by atoms with van der Waals surface area (Å²) >= 11 is 0. The van der Waals surface area contributed by atoms with E-state index in [1.54, 1.807) is 18.3 Å². The van der Waals surface area contributed by atoms with E-state index in [2.05, 4.69) is 28.7 Å². The molecule has 1 aromatic heterocycles. The number of nitrogens with zero attached hydrogens (tertiary/aromatic N) is 4. The van der Waals surface area contributed by atoms with Gasteiger partial charge in [0.1, 0.15) is 5.82 Å². The zero-order chi connectivity index (χ0) is 19.9. The SMILES string of the molecule is Cc1ccnn1CCC(=O)N1CCC[C@H]2[C@@H]1CC(C)(C)N2c1cccc(F)c1. The number of anilines is 1. The summed E-state index contributed by atoms with van der Waals surface area (Å²) in [6.07, 6.45) is 5.15. The van der Waals surface area contributed by atoms with E-state index in [0.29, 0.717) is 13.0 Å². The van der Waals surface area contributed by atoms with Gasteiger partial charge in [-0.05, 0) is 64.3 Å². The third-order valence-electron chi connectivity index (χ3n) is 6.31. The van der Waals surface area contributed by atoms with Crippen LogP contribution in [0.2, 0.25) is 0 Å². The van der Waals surface area contributed by atoms with Gasteiger partial charge in [-0.2, -0.15) is 5.10 Å². The molecule has 150 valence electrons. The molecule has 0 N–H and O–H groups in total. The topological polar surface area (TPSA) is 41.4 Å². The third kappa shape index (κ3) is 3.40. The average molecular weight is 384 g/mol. The first kappa shape index (κ1) is 19.0. The normalized spacial score (nSPS) is 23.7. The molecule has 28 heavy (non-hydrogen) atoms. The van der Waals surface area contributed by atoms with Crippen LogP contribution in [0.3, 0.4) is 0 Å². The molecule has 1 aromatic carbocycles. The Morgan fingerprint density at radius 3 is 2.82 bits per heavy atom. The van der Waals surface area contributed by atoms with Gasteiger partial charge in [0, 0.05) is 42.6 Å². The van der Waals surface area contributed by atoms with Gasteiger partial charge in [-0.1, -0.05) is 6.07 Å². The first-order chi connectivity index (χ1) is 13.4. The number of hydrogen-bond donors (Lipinski definition) is 0. The fraction of sp³-hybridized carbons (Fsp3) is 0.545. The van der Waals surface area contributed by atoms with E-state index in [4.69, 9.17) is 0 Å². The molecule has 2 aromatic rings. The van der Waals surface area contributed by atoms with Crippen molar-refractivity contribution in [1.29, 1.82) is 0 Å². The minimum absolute atomic E-state index is 0.120. The Hall–Kier alpha value is -2.37. The smallest absolute Gasteiger partial charge is 0.224 e. The van der Waals surface area contributed by atoms with Gasteiger partial charge >= 0.3 is 0 Å². The standard InChI is InChI=1S/C22H29FN4O/c1-16-9-11-24-26(16)13-10-21(28)25-12-5-8-19-20(25)15-22(2,3)27(19)18-7-4-6-17(23)14-18/h4,6-7,9,11,14,19-20H,5,8,10,12-13,15H2,1-3H3/t19-,20-/m0/s1. The predicted molar refractivity (Wildman–Crippen MR) is 108 cm³/mol. The molecule has 1 amide bonds. The number of halogens is 1. The second kappa shape index (κ2) is 7.22. The van der Waals surface area contributed by atoms with E-state index in [1.165, 1.54) is 6.07 Å². The lowest BCUT2D eigenvalue weighted by Gasteiger charge is -2.42. The van der Waals surface area contributed by atoms with Gasteiger partial charge in [0.15, 0.2) is 0 Å². The number of aromatic nitrogens is 2. The van der Waals surface area contributed by atoms with Crippen LogP contribution in [0.1, 0.15) is 45.2 Å². The van der Waals surface area contributed by atoms with Crippen molar-refractivity contribution < 1.29 is 9.18 Å². The lowest BCUT2D eigenvalue weighted by molar-refractivity contribution is -0.135. The van der Waals surface area contributed by atoms with E-state index in [0.717, 1.165) is 37.2 Å². The van der Waals surface area contributed by atoms with Gasteiger partial charge in [0.25, 0.3) is 0 Å². The molecule has 2 aliphatic heterocycles. The van der Waals surface area contributed by atoms with Gasteiger partial charge in [0.05, 0.1) is 12.1 Å². The summed E-state index contributed by atoms with van der Waals surface area (Å²) in [5.74, 6) is -0.0171. The Kier molecular flexibility index (Phi) is 4.89. The Balaban J connectivity index is 1.53. The van der Waals surface area contributed by atoms with Crippen molar-refractivity contribution >= 4 is 11.6 Å². The van der Waals surface area contributed by atoms with E-state index in [1.807, 2.05) is 23.7 Å². The molecular formula is C22H29FN4O. The van der Waals surface area contributed by atoms with E-state index >= 15 is 0 Å². The van der Waals surface area contributed by atoms with Crippen molar-refractivity contribution in [3.05, 3.63) is 48.0 Å². The Morgan fingerprint density at radius 1 is 1.29 bits per heavy atom. The summed E-state index contributed by atoms with van der Waals surface area (Å²) < 4.78 is 15.8. The molecule has 0 spiro atoms. The highest BCUT2D eigenvalue weighted by Crippen LogP contribution is 2.43. The van der Waals surface area contributed by atoms with Gasteiger partial charge in [-0.3, -0.25) is 9.48 Å². The Bertz CT molecular complexity index is 862. The molecule has 2 aliphatic rings. The van der Waals surface area contributed by atoms with Crippen LogP contribution in [0.15, 0.2) is 36.5 Å². The van der Waals surface area contributed by atoms with Gasteiger partial charge in [-0.25, -0.2) is 4.39 Å². The van der Waals surface area contributed by atoms with Crippen LogP contribution in [-0.2, 0) is 11.3 Å². The molecule has 3 heterocycles. The minimum Gasteiger partial charge on any atom is -0.361 e. The van der Waals surface area contributed by atoms with Gasteiger partial charge in [-0.15, -0.1) is 0 Å². The summed E-state index contributed by atoms with van der Waals surface area (Å²) in [7, 11) is 0. The fourth-order valence-electron chi connectivity index (χ4n) is 5.10. The number of rotatable bonds is 4. The van der Waals surface area contributed by atoms with Crippen LogP contribution in [0.25, 0.3) is 0 Å². The van der Waals surface area contributed by atoms with Crippen LogP contribution in [0, 0.1) is 12.7 Å². The van der Waals surface area contributed by atoms with E-state index < -0.39 is 0 Å². The molecule has 2 saturated heterocycles. The van der Waals surface area contributed by atoms with Gasteiger partial charge in [0.2, 0.25) is 5.91 Å². The molecule has 0 radical (unpaired) electrons.